The number of nitrogens with zero attached hydrogens (tertiary/aromatic N) is 3. The Morgan fingerprint density at radius 1 is 1.35 bits per heavy atom. The van der Waals surface area contributed by atoms with Gasteiger partial charge in [-0.15, -0.1) is 5.10 Å². The van der Waals surface area contributed by atoms with Gasteiger partial charge in [0.15, 0.2) is 0 Å². The van der Waals surface area contributed by atoms with Gasteiger partial charge in [-0.3, -0.25) is 4.79 Å². The van der Waals surface area contributed by atoms with Crippen molar-refractivity contribution in [3.8, 4) is 0 Å². The minimum Gasteiger partial charge on any atom is -0.366 e. The van der Waals surface area contributed by atoms with E-state index in [1.165, 1.54) is 0 Å². The minimum absolute atomic E-state index is 0.0132. The van der Waals surface area contributed by atoms with Crippen molar-refractivity contribution in [2.45, 2.75) is 57.0 Å². The second kappa shape index (κ2) is 6.83. The third-order valence-electron chi connectivity index (χ3n) is 5.28. The number of nitrogens with two attached hydrogens (primary N) is 1. The van der Waals surface area contributed by atoms with E-state index in [4.69, 9.17) is 5.73 Å². The molecule has 1 amide bonds. The van der Waals surface area contributed by atoms with Crippen LogP contribution >= 0.6 is 0 Å². The third-order valence-corrected chi connectivity index (χ3v) is 5.28. The van der Waals surface area contributed by atoms with Crippen LogP contribution in [0, 0.1) is 5.92 Å². The Hall–Kier alpha value is -1.69. The number of anilines is 1. The average Bonchev–Trinajstić information content (AvgIpc) is 2.55. The highest BCUT2D eigenvalue weighted by atomic mass is 16.2. The fourth-order valence-corrected chi connectivity index (χ4v) is 3.82. The molecule has 1 aromatic heterocycles. The van der Waals surface area contributed by atoms with Gasteiger partial charge in [0.05, 0.1) is 5.92 Å². The molecule has 3 rings (SSSR count). The van der Waals surface area contributed by atoms with E-state index in [1.54, 1.807) is 6.20 Å². The molecule has 0 spiro atoms. The predicted molar refractivity (Wildman–Crippen MR) is 89.8 cm³/mol. The zero-order chi connectivity index (χ0) is 16.3. The van der Waals surface area contributed by atoms with Crippen LogP contribution in [0.2, 0.25) is 0 Å². The molecule has 0 radical (unpaired) electrons. The van der Waals surface area contributed by atoms with Crippen molar-refractivity contribution in [1.82, 2.24) is 15.1 Å². The first-order valence-electron chi connectivity index (χ1n) is 8.68. The van der Waals surface area contributed by atoms with Crippen LogP contribution in [0.1, 0.15) is 45.4 Å². The van der Waals surface area contributed by atoms with Crippen molar-refractivity contribution < 1.29 is 4.79 Å². The van der Waals surface area contributed by atoms with E-state index in [2.05, 4.69) is 15.5 Å². The summed E-state index contributed by atoms with van der Waals surface area (Å²) >= 11 is 0. The molecule has 1 saturated heterocycles. The summed E-state index contributed by atoms with van der Waals surface area (Å²) in [7, 11) is 0. The zero-order valence-electron chi connectivity index (χ0n) is 13.9. The molecular formula is C17H27N5O. The van der Waals surface area contributed by atoms with Crippen LogP contribution in [-0.4, -0.2) is 45.7 Å². The fraction of sp³-hybridized carbons (Fsp3) is 0.706. The van der Waals surface area contributed by atoms with Gasteiger partial charge in [0.1, 0.15) is 5.82 Å². The van der Waals surface area contributed by atoms with Crippen LogP contribution < -0.4 is 11.1 Å². The second-order valence-electron chi connectivity index (χ2n) is 7.16. The number of hydrogen-bond acceptors (Lipinski definition) is 5. The topological polar surface area (TPSA) is 84.1 Å². The maximum atomic E-state index is 12.8. The van der Waals surface area contributed by atoms with Gasteiger partial charge >= 0.3 is 0 Å². The van der Waals surface area contributed by atoms with E-state index < -0.39 is 0 Å². The Morgan fingerprint density at radius 3 is 2.78 bits per heavy atom. The van der Waals surface area contributed by atoms with Crippen molar-refractivity contribution in [2.75, 3.05) is 18.4 Å². The van der Waals surface area contributed by atoms with Crippen molar-refractivity contribution >= 4 is 11.7 Å². The lowest BCUT2D eigenvalue weighted by Crippen LogP contribution is -2.55. The first-order valence-corrected chi connectivity index (χ1v) is 8.68. The molecule has 2 atom stereocenters. The van der Waals surface area contributed by atoms with Gasteiger partial charge in [0.2, 0.25) is 5.91 Å². The summed E-state index contributed by atoms with van der Waals surface area (Å²) < 4.78 is 0. The summed E-state index contributed by atoms with van der Waals surface area (Å²) in [6.07, 6.45) is 7.69. The number of hydrogen-bond donors (Lipinski definition) is 2. The van der Waals surface area contributed by atoms with Gasteiger partial charge < -0.3 is 16.0 Å². The molecule has 0 aromatic carbocycles. The molecule has 0 bridgehead atoms. The van der Waals surface area contributed by atoms with Gasteiger partial charge in [-0.2, -0.15) is 5.10 Å². The quantitative estimate of drug-likeness (QED) is 0.888. The summed E-state index contributed by atoms with van der Waals surface area (Å²) in [4.78, 5) is 14.8. The molecule has 1 aromatic rings. The maximum Gasteiger partial charge on any atom is 0.227 e. The maximum absolute atomic E-state index is 12.8. The van der Waals surface area contributed by atoms with Crippen molar-refractivity contribution in [3.63, 3.8) is 0 Å². The van der Waals surface area contributed by atoms with Crippen LogP contribution in [0.15, 0.2) is 18.3 Å². The van der Waals surface area contributed by atoms with Crippen LogP contribution in [-0.2, 0) is 4.79 Å². The molecule has 6 heteroatoms. The molecule has 2 unspecified atom stereocenters. The first kappa shape index (κ1) is 16.2. The first-order chi connectivity index (χ1) is 11.1. The van der Waals surface area contributed by atoms with Crippen LogP contribution in [0.25, 0.3) is 0 Å². The highest BCUT2D eigenvalue weighted by Gasteiger charge is 2.40. The molecule has 126 valence electrons. The van der Waals surface area contributed by atoms with Crippen molar-refractivity contribution in [2.24, 2.45) is 11.7 Å². The zero-order valence-corrected chi connectivity index (χ0v) is 13.9. The van der Waals surface area contributed by atoms with E-state index in [0.29, 0.717) is 6.04 Å². The molecule has 3 N–H and O–H groups in total. The number of aromatic nitrogens is 2. The lowest BCUT2D eigenvalue weighted by Gasteiger charge is -2.41. The Kier molecular flexibility index (Phi) is 4.80. The highest BCUT2D eigenvalue weighted by Crippen LogP contribution is 2.33. The summed E-state index contributed by atoms with van der Waals surface area (Å²) in [5, 5.41) is 11.3. The molecule has 2 fully saturated rings. The van der Waals surface area contributed by atoms with Crippen LogP contribution in [0.3, 0.4) is 0 Å². The number of likely N-dealkylation sites (tertiary alicyclic amines) is 1. The molecule has 2 aliphatic rings. The molecule has 6 nitrogen and oxygen atoms in total. The summed E-state index contributed by atoms with van der Waals surface area (Å²) in [5.74, 6) is 1.05. The fourth-order valence-electron chi connectivity index (χ4n) is 3.82. The normalized spacial score (nSPS) is 29.3. The van der Waals surface area contributed by atoms with E-state index in [-0.39, 0.29) is 17.4 Å². The predicted octanol–water partition coefficient (Wildman–Crippen LogP) is 1.79. The second-order valence-corrected chi connectivity index (χ2v) is 7.16. The van der Waals surface area contributed by atoms with E-state index in [0.717, 1.165) is 57.4 Å². The average molecular weight is 317 g/mol. The number of nitrogens with one attached hydrogen (secondary N) is 1. The number of piperidine rings is 1. The standard InChI is InChI=1S/C17H27N5O/c1-17(18)9-3-2-5-14(17)16(23)22-11-7-13(8-12-22)20-15-6-4-10-19-21-15/h4,6,10,13-14H,2-3,5,7-9,11-12,18H2,1H3,(H,20,21). The van der Waals surface area contributed by atoms with Crippen molar-refractivity contribution in [3.05, 3.63) is 18.3 Å². The smallest absolute Gasteiger partial charge is 0.227 e. The van der Waals surface area contributed by atoms with Gasteiger partial charge in [-0.1, -0.05) is 12.8 Å². The Balaban J connectivity index is 1.53. The van der Waals surface area contributed by atoms with Gasteiger partial charge in [0, 0.05) is 30.9 Å². The summed E-state index contributed by atoms with van der Waals surface area (Å²) in [6, 6.07) is 4.15. The lowest BCUT2D eigenvalue weighted by atomic mass is 9.74. The summed E-state index contributed by atoms with van der Waals surface area (Å²) in [6.45, 7) is 3.63. The molecule has 23 heavy (non-hydrogen) atoms. The van der Waals surface area contributed by atoms with Crippen molar-refractivity contribution in [1.29, 1.82) is 0 Å². The SMILES string of the molecule is CC1(N)CCCCC1C(=O)N1CCC(Nc2cccnn2)CC1. The Labute approximate surface area is 137 Å². The van der Waals surface area contributed by atoms with Crippen LogP contribution in [0.4, 0.5) is 5.82 Å². The van der Waals surface area contributed by atoms with Gasteiger partial charge in [-0.25, -0.2) is 0 Å². The minimum atomic E-state index is -0.343. The molecular weight excluding hydrogens is 290 g/mol. The summed E-state index contributed by atoms with van der Waals surface area (Å²) in [5.41, 5.74) is 6.04. The third kappa shape index (κ3) is 3.80. The lowest BCUT2D eigenvalue weighted by molar-refractivity contribution is -0.139. The molecule has 1 aliphatic carbocycles. The van der Waals surface area contributed by atoms with Gasteiger partial charge in [-0.05, 0) is 44.7 Å². The molecule has 1 saturated carbocycles. The number of rotatable bonds is 3. The van der Waals surface area contributed by atoms with E-state index >= 15 is 0 Å². The Morgan fingerprint density at radius 2 is 2.13 bits per heavy atom. The van der Waals surface area contributed by atoms with E-state index in [9.17, 15) is 4.79 Å². The highest BCUT2D eigenvalue weighted by molar-refractivity contribution is 5.80. The Bertz CT molecular complexity index is 525. The largest absolute Gasteiger partial charge is 0.366 e. The number of carbonyl (C=O) groups is 1. The monoisotopic (exact) mass is 317 g/mol. The number of carbonyl (C=O) groups excluding carboxylic acids is 1. The number of amides is 1. The van der Waals surface area contributed by atoms with Gasteiger partial charge in [0.25, 0.3) is 0 Å². The molecule has 1 aliphatic heterocycles. The molecule has 2 heterocycles. The van der Waals surface area contributed by atoms with E-state index in [1.807, 2.05) is 24.0 Å². The van der Waals surface area contributed by atoms with Crippen LogP contribution in [0.5, 0.6) is 0 Å².